The van der Waals surface area contributed by atoms with E-state index in [0.717, 1.165) is 25.7 Å². The molecule has 0 atom stereocenters. The first kappa shape index (κ1) is 19.6. The van der Waals surface area contributed by atoms with Crippen LogP contribution in [0.1, 0.15) is 33.4 Å². The van der Waals surface area contributed by atoms with Crippen molar-refractivity contribution in [3.05, 3.63) is 124 Å². The van der Waals surface area contributed by atoms with E-state index in [-0.39, 0.29) is 0 Å². The van der Waals surface area contributed by atoms with Crippen LogP contribution in [0.3, 0.4) is 0 Å². The van der Waals surface area contributed by atoms with E-state index in [0.29, 0.717) is 13.4 Å². The van der Waals surface area contributed by atoms with Crippen molar-refractivity contribution in [3.8, 4) is 0 Å². The van der Waals surface area contributed by atoms with E-state index >= 15 is 0 Å². The molecule has 0 radical (unpaired) electrons. The molecule has 4 aliphatic heterocycles. The molecule has 0 amide bonds. The van der Waals surface area contributed by atoms with Crippen LogP contribution in [0.15, 0.2) is 90.4 Å². The minimum atomic E-state index is 0.370. The second kappa shape index (κ2) is 7.16. The van der Waals surface area contributed by atoms with Crippen LogP contribution in [-0.2, 0) is 45.0 Å². The van der Waals surface area contributed by atoms with Gasteiger partial charge in [0.15, 0.2) is 0 Å². The van der Waals surface area contributed by atoms with Gasteiger partial charge in [0, 0.05) is 0 Å². The molecule has 0 aromatic heterocycles. The average Bonchev–Trinajstić information content (AvgIpc) is 2.87. The van der Waals surface area contributed by atoms with Gasteiger partial charge >= 0.3 is 213 Å². The van der Waals surface area contributed by atoms with Gasteiger partial charge in [0.25, 0.3) is 0 Å². The van der Waals surface area contributed by atoms with Crippen molar-refractivity contribution in [3.63, 3.8) is 0 Å². The van der Waals surface area contributed by atoms with E-state index in [4.69, 9.17) is 0 Å². The van der Waals surface area contributed by atoms with E-state index in [1.807, 2.05) is 0 Å². The van der Waals surface area contributed by atoms with Crippen LogP contribution in [0, 0.1) is 0 Å². The third-order valence-electron chi connectivity index (χ3n) is 8.62. The second-order valence-corrected chi connectivity index (χ2v) is 12.1. The van der Waals surface area contributed by atoms with E-state index < -0.39 is 0 Å². The van der Waals surface area contributed by atoms with Crippen molar-refractivity contribution >= 4 is 44.6 Å². The molecule has 34 heavy (non-hydrogen) atoms. The fourth-order valence-corrected chi connectivity index (χ4v) is 8.46. The molecule has 8 rings (SSSR count). The summed E-state index contributed by atoms with van der Waals surface area (Å²) in [5.41, 5.74) is 18.5. The molecule has 0 nitrogen and oxygen atoms in total. The van der Waals surface area contributed by atoms with Gasteiger partial charge in [-0.25, -0.2) is 0 Å². The zero-order chi connectivity index (χ0) is 22.4. The summed E-state index contributed by atoms with van der Waals surface area (Å²) in [6, 6.07) is 30.6. The zero-order valence-electron chi connectivity index (χ0n) is 19.0. The Morgan fingerprint density at radius 3 is 1.94 bits per heavy atom. The molecule has 0 spiro atoms. The fraction of sp³-hybridized carbons (Fsp3) is 0.129. The number of rotatable bonds is 0. The Kier molecular flexibility index (Phi) is 4.13. The van der Waals surface area contributed by atoms with Crippen molar-refractivity contribution in [1.29, 1.82) is 0 Å². The topological polar surface area (TPSA) is 0 Å². The Hall–Kier alpha value is -2.69. The first-order valence-electron chi connectivity index (χ1n) is 12.4. The Labute approximate surface area is 212 Å². The quantitative estimate of drug-likeness (QED) is 0.234. The monoisotopic (exact) mass is 600 g/mol. The van der Waals surface area contributed by atoms with E-state index in [1.165, 1.54) is 44.3 Å². The zero-order valence-corrected chi connectivity index (χ0v) is 21.9. The Bertz CT molecular complexity index is 1600. The van der Waals surface area contributed by atoms with Crippen LogP contribution in [0.4, 0.5) is 0 Å². The Balaban J connectivity index is 1.39. The van der Waals surface area contributed by atoms with Crippen LogP contribution in [0.25, 0.3) is 0 Å². The summed E-state index contributed by atoms with van der Waals surface area (Å²) in [6.07, 6.45) is 6.87. The average molecular weight is 600 g/mol. The summed E-state index contributed by atoms with van der Waals surface area (Å²) in [5, 5.41) is 0. The number of hydrogen-bond acceptors (Lipinski definition) is 0. The fourth-order valence-electron chi connectivity index (χ4n) is 7.18. The summed E-state index contributed by atoms with van der Waals surface area (Å²) >= 11 is 1.63. The molecule has 4 aromatic rings. The van der Waals surface area contributed by atoms with Crippen molar-refractivity contribution in [2.45, 2.75) is 25.7 Å². The SMILES string of the molecule is [W]=[C]1Cc2ccccc2B2C1=CCc1cc3c(cc12)B1c2ccccc2Cc2cccc(c21)C3. The maximum absolute atomic E-state index is 2.64. The van der Waals surface area contributed by atoms with Crippen LogP contribution < -0.4 is 27.3 Å². The number of hydrogen-bond donors (Lipinski definition) is 0. The normalized spacial score (nSPS) is 16.5. The van der Waals surface area contributed by atoms with Gasteiger partial charge in [0.05, 0.1) is 0 Å². The molecular weight excluding hydrogens is 578 g/mol. The van der Waals surface area contributed by atoms with E-state index in [2.05, 4.69) is 84.9 Å². The molecule has 4 aliphatic rings. The van der Waals surface area contributed by atoms with Crippen LogP contribution in [0.5, 0.6) is 0 Å². The van der Waals surface area contributed by atoms with Gasteiger partial charge in [-0.1, -0.05) is 0 Å². The molecule has 3 heteroatoms. The Morgan fingerprint density at radius 1 is 0.529 bits per heavy atom. The molecule has 158 valence electrons. The third kappa shape index (κ3) is 2.64. The molecule has 0 bridgehead atoms. The van der Waals surface area contributed by atoms with E-state index in [9.17, 15) is 0 Å². The minimum absolute atomic E-state index is 0.370. The van der Waals surface area contributed by atoms with Gasteiger partial charge in [-0.2, -0.15) is 0 Å². The van der Waals surface area contributed by atoms with Gasteiger partial charge < -0.3 is 0 Å². The summed E-state index contributed by atoms with van der Waals surface area (Å²) in [6.45, 7) is 0.774. The molecule has 0 aliphatic carbocycles. The summed E-state index contributed by atoms with van der Waals surface area (Å²) in [7, 11) is 0. The molecule has 0 N–H and O–H groups in total. The van der Waals surface area contributed by atoms with Gasteiger partial charge in [-0.3, -0.25) is 0 Å². The van der Waals surface area contributed by atoms with Gasteiger partial charge in [0.2, 0.25) is 0 Å². The molecular formula is C31H22B2W. The van der Waals surface area contributed by atoms with Crippen molar-refractivity contribution in [1.82, 2.24) is 0 Å². The van der Waals surface area contributed by atoms with Crippen molar-refractivity contribution in [2.75, 3.05) is 0 Å². The Morgan fingerprint density at radius 2 is 1.15 bits per heavy atom. The molecule has 0 saturated carbocycles. The molecule has 4 heterocycles. The van der Waals surface area contributed by atoms with Crippen molar-refractivity contribution < 1.29 is 19.4 Å². The standard InChI is InChI=1S/C31H22B2.W/c1-3-10-27-20(6-1)12-14-26-15-13-22-17-25-18-24-9-5-8-23-16-21-7-2-4-11-28(21)33(31(23)24)30(25)19-29(22)32(26)27;/h1-11,15,17,19H,12-13,16,18H2;. The van der Waals surface area contributed by atoms with Crippen LogP contribution >= 0.6 is 0 Å². The first-order chi connectivity index (χ1) is 16.8. The van der Waals surface area contributed by atoms with Crippen LogP contribution in [-0.4, -0.2) is 17.3 Å². The first-order valence-corrected chi connectivity index (χ1v) is 13.9. The number of allylic oxidation sites excluding steroid dienone is 2. The van der Waals surface area contributed by atoms with Gasteiger partial charge in [-0.15, -0.1) is 0 Å². The molecule has 0 saturated heterocycles. The van der Waals surface area contributed by atoms with Gasteiger partial charge in [0.1, 0.15) is 0 Å². The maximum atomic E-state index is 2.64. The summed E-state index contributed by atoms with van der Waals surface area (Å²) < 4.78 is 1.63. The summed E-state index contributed by atoms with van der Waals surface area (Å²) in [5.74, 6) is 0. The van der Waals surface area contributed by atoms with Gasteiger partial charge in [-0.05, 0) is 0 Å². The van der Waals surface area contributed by atoms with Crippen molar-refractivity contribution in [2.24, 2.45) is 0 Å². The second-order valence-electron chi connectivity index (χ2n) is 10.3. The molecule has 0 unspecified atom stereocenters. The van der Waals surface area contributed by atoms with Crippen LogP contribution in [0.2, 0.25) is 0 Å². The predicted octanol–water partition coefficient (Wildman–Crippen LogP) is 1.92. The van der Waals surface area contributed by atoms with E-state index in [1.54, 1.807) is 45.1 Å². The molecule has 0 fully saturated rings. The predicted molar refractivity (Wildman–Crippen MR) is 142 cm³/mol. The summed E-state index contributed by atoms with van der Waals surface area (Å²) in [4.78, 5) is 0. The number of benzene rings is 4. The number of fused-ring (bicyclic) bond motifs is 9. The third-order valence-corrected chi connectivity index (χ3v) is 9.98. The molecule has 4 aromatic carbocycles.